The Morgan fingerprint density at radius 3 is 1.49 bits per heavy atom. The van der Waals surface area contributed by atoms with Crippen LogP contribution in [0, 0.1) is 11.6 Å². The fraction of sp³-hybridized carbons (Fsp3) is 0.421. The summed E-state index contributed by atoms with van der Waals surface area (Å²) < 4.78 is 32.2. The summed E-state index contributed by atoms with van der Waals surface area (Å²) in [5.74, 6) is 2.27. The molecule has 0 radical (unpaired) electrons. The van der Waals surface area contributed by atoms with Crippen LogP contribution in [0.3, 0.4) is 0 Å². The molecule has 2 saturated heterocycles. The number of pyridine rings is 4. The second-order valence-corrected chi connectivity index (χ2v) is 19.7. The van der Waals surface area contributed by atoms with Crippen LogP contribution < -0.4 is 24.9 Å². The number of anilines is 4. The van der Waals surface area contributed by atoms with Gasteiger partial charge < -0.3 is 30.0 Å². The molecule has 55 heavy (non-hydrogen) atoms. The molecule has 0 saturated carbocycles. The van der Waals surface area contributed by atoms with Gasteiger partial charge in [0.1, 0.15) is 46.4 Å². The molecule has 6 rings (SSSR count). The van der Waals surface area contributed by atoms with Gasteiger partial charge in [0.2, 0.25) is 11.8 Å². The van der Waals surface area contributed by atoms with Gasteiger partial charge in [0.15, 0.2) is 0 Å². The lowest BCUT2D eigenvalue weighted by molar-refractivity contribution is -0.118. The van der Waals surface area contributed by atoms with Gasteiger partial charge in [-0.1, -0.05) is 20.8 Å². The molecule has 0 aromatic carbocycles. The van der Waals surface area contributed by atoms with E-state index in [1.807, 2.05) is 11.0 Å². The summed E-state index contributed by atoms with van der Waals surface area (Å²) in [7, 11) is -1.92. The molecule has 0 spiro atoms. The Kier molecular flexibility index (Phi) is 13.7. The smallest absolute Gasteiger partial charge is 0.250 e. The predicted molar refractivity (Wildman–Crippen MR) is 211 cm³/mol. The number of nitrogens with zero attached hydrogens (tertiary/aromatic N) is 8. The van der Waals surface area contributed by atoms with Crippen molar-refractivity contribution in [3.8, 4) is 11.5 Å². The summed E-state index contributed by atoms with van der Waals surface area (Å²) in [4.78, 5) is 49.2. The standard InChI is InChI=1S/C22H32FN5O2Si.C16H18FN5O2/c1-22(2,3)31(4,5)30-18-7-8-19(24-15-18)26-21(29)16-27-10-12-28(13-11-27)20-9-6-17(23)14-25-20;17-12-1-4-15(19-9-12)22-7-5-21(6-8-22)11-16(24)20-14-3-2-13(23)10-18-14/h6-9,14-15H,10-13,16H2,1-5H3,(H,24,26,29);1-4,9-10,23H,5-8,11H2,(H,18,20,24). The maximum atomic E-state index is 13.0. The number of rotatable bonds is 10. The quantitative estimate of drug-likeness (QED) is 0.189. The highest BCUT2D eigenvalue weighted by atomic mass is 28.4. The lowest BCUT2D eigenvalue weighted by Gasteiger charge is -2.36. The minimum atomic E-state index is -1.92. The Labute approximate surface area is 321 Å². The molecule has 2 aliphatic heterocycles. The Hall–Kier alpha value is -5.26. The molecule has 3 N–H and O–H groups in total. The van der Waals surface area contributed by atoms with Crippen LogP contribution in [-0.4, -0.2) is 120 Å². The second kappa shape index (κ2) is 18.4. The molecule has 17 heteroatoms. The van der Waals surface area contributed by atoms with Crippen LogP contribution in [0.15, 0.2) is 73.3 Å². The van der Waals surface area contributed by atoms with Crippen molar-refractivity contribution in [1.29, 1.82) is 0 Å². The second-order valence-electron chi connectivity index (χ2n) is 14.9. The van der Waals surface area contributed by atoms with Crippen LogP contribution in [0.5, 0.6) is 11.5 Å². The van der Waals surface area contributed by atoms with E-state index in [0.29, 0.717) is 18.2 Å². The fourth-order valence-corrected chi connectivity index (χ4v) is 6.59. The summed E-state index contributed by atoms with van der Waals surface area (Å²) in [5, 5.41) is 14.8. The molecule has 294 valence electrons. The first-order valence-electron chi connectivity index (χ1n) is 18.2. The number of aromatic nitrogens is 4. The van der Waals surface area contributed by atoms with Crippen LogP contribution in [0.25, 0.3) is 0 Å². The molecule has 14 nitrogen and oxygen atoms in total. The Morgan fingerprint density at radius 2 is 1.13 bits per heavy atom. The number of piperazine rings is 2. The van der Waals surface area contributed by atoms with E-state index in [9.17, 15) is 23.5 Å². The SMILES string of the molecule is CC(C)(C)[Si](C)(C)Oc1ccc(NC(=O)CN2CCN(c3ccc(F)cn3)CC2)nc1.O=C(CN1CCN(c2ccc(F)cn2)CC1)Nc1ccc(O)cn1. The van der Waals surface area contributed by atoms with Crippen LogP contribution in [0.2, 0.25) is 18.1 Å². The molecular weight excluding hydrogens is 727 g/mol. The van der Waals surface area contributed by atoms with E-state index in [2.05, 4.69) is 79.1 Å². The first-order valence-corrected chi connectivity index (χ1v) is 21.1. The summed E-state index contributed by atoms with van der Waals surface area (Å²) in [6.07, 6.45) is 5.39. The highest BCUT2D eigenvalue weighted by Gasteiger charge is 2.39. The van der Waals surface area contributed by atoms with E-state index in [4.69, 9.17) is 4.43 Å². The number of amides is 2. The first kappa shape index (κ1) is 40.9. The zero-order valence-corrected chi connectivity index (χ0v) is 33.0. The third-order valence-corrected chi connectivity index (χ3v) is 14.1. The molecule has 2 aliphatic rings. The third kappa shape index (κ3) is 12.4. The van der Waals surface area contributed by atoms with Crippen LogP contribution >= 0.6 is 0 Å². The lowest BCUT2D eigenvalue weighted by atomic mass is 10.2. The molecular formula is C38H50F2N10O4Si. The molecule has 0 atom stereocenters. The van der Waals surface area contributed by atoms with E-state index >= 15 is 0 Å². The van der Waals surface area contributed by atoms with Crippen LogP contribution in [-0.2, 0) is 9.59 Å². The Bertz CT molecular complexity index is 1830. The highest BCUT2D eigenvalue weighted by Crippen LogP contribution is 2.37. The number of hydrogen-bond donors (Lipinski definition) is 3. The number of aromatic hydroxyl groups is 1. The number of hydrogen-bond acceptors (Lipinski definition) is 12. The van der Waals surface area contributed by atoms with Crippen molar-refractivity contribution in [2.45, 2.75) is 38.9 Å². The van der Waals surface area contributed by atoms with Crippen molar-refractivity contribution in [3.05, 3.63) is 85.0 Å². The van der Waals surface area contributed by atoms with E-state index in [1.54, 1.807) is 30.5 Å². The van der Waals surface area contributed by atoms with E-state index in [0.717, 1.165) is 69.7 Å². The van der Waals surface area contributed by atoms with Crippen molar-refractivity contribution >= 4 is 43.4 Å². The van der Waals surface area contributed by atoms with Gasteiger partial charge in [0.25, 0.3) is 8.32 Å². The van der Waals surface area contributed by atoms with E-state index in [-0.39, 0.29) is 40.8 Å². The Balaban J connectivity index is 0.000000218. The van der Waals surface area contributed by atoms with Gasteiger partial charge in [-0.2, -0.15) is 0 Å². The topological polar surface area (TPSA) is 152 Å². The molecule has 4 aromatic rings. The van der Waals surface area contributed by atoms with E-state index in [1.165, 1.54) is 36.8 Å². The summed E-state index contributed by atoms with van der Waals surface area (Å²) in [6.45, 7) is 17.4. The van der Waals surface area contributed by atoms with Crippen molar-refractivity contribution in [2.75, 3.05) is 85.9 Å². The molecule has 0 bridgehead atoms. The third-order valence-electron chi connectivity index (χ3n) is 9.75. The summed E-state index contributed by atoms with van der Waals surface area (Å²) in [5.41, 5.74) is 0. The zero-order chi connectivity index (χ0) is 39.6. The van der Waals surface area contributed by atoms with Crippen LogP contribution in [0.4, 0.5) is 32.1 Å². The maximum absolute atomic E-state index is 13.0. The number of carbonyl (C=O) groups excluding carboxylic acids is 2. The molecule has 0 unspecified atom stereocenters. The lowest BCUT2D eigenvalue weighted by Crippen LogP contribution is -2.49. The van der Waals surface area contributed by atoms with Crippen molar-refractivity contribution in [3.63, 3.8) is 0 Å². The number of carbonyl (C=O) groups is 2. The van der Waals surface area contributed by atoms with E-state index < -0.39 is 8.32 Å². The molecule has 2 amide bonds. The maximum Gasteiger partial charge on any atom is 0.250 e. The first-order chi connectivity index (χ1) is 26.1. The molecule has 4 aromatic heterocycles. The normalized spacial score (nSPS) is 15.5. The van der Waals surface area contributed by atoms with Crippen LogP contribution in [0.1, 0.15) is 20.8 Å². The molecule has 6 heterocycles. The van der Waals surface area contributed by atoms with Gasteiger partial charge in [0, 0.05) is 52.4 Å². The Morgan fingerprint density at radius 1 is 0.673 bits per heavy atom. The van der Waals surface area contributed by atoms with Gasteiger partial charge in [-0.15, -0.1) is 0 Å². The van der Waals surface area contributed by atoms with Crippen molar-refractivity contribution in [2.24, 2.45) is 0 Å². The fourth-order valence-electron chi connectivity index (χ4n) is 5.57. The zero-order valence-electron chi connectivity index (χ0n) is 32.0. The minimum Gasteiger partial charge on any atom is -0.542 e. The average Bonchev–Trinajstić information content (AvgIpc) is 3.14. The van der Waals surface area contributed by atoms with Gasteiger partial charge in [-0.25, -0.2) is 28.7 Å². The monoisotopic (exact) mass is 776 g/mol. The van der Waals surface area contributed by atoms with Gasteiger partial charge >= 0.3 is 0 Å². The summed E-state index contributed by atoms with van der Waals surface area (Å²) in [6, 6.07) is 12.8. The van der Waals surface area contributed by atoms with Gasteiger partial charge in [-0.3, -0.25) is 19.4 Å². The van der Waals surface area contributed by atoms with Crippen molar-refractivity contribution < 1.29 is 27.9 Å². The average molecular weight is 777 g/mol. The highest BCUT2D eigenvalue weighted by molar-refractivity contribution is 6.74. The number of nitrogens with one attached hydrogen (secondary N) is 2. The minimum absolute atomic E-state index is 0.0542. The molecule has 2 fully saturated rings. The van der Waals surface area contributed by atoms with Crippen molar-refractivity contribution in [1.82, 2.24) is 29.7 Å². The molecule has 0 aliphatic carbocycles. The predicted octanol–water partition coefficient (Wildman–Crippen LogP) is 4.84. The van der Waals surface area contributed by atoms with Gasteiger partial charge in [-0.05, 0) is 66.7 Å². The largest absolute Gasteiger partial charge is 0.542 e. The van der Waals surface area contributed by atoms with Gasteiger partial charge in [0.05, 0.1) is 37.9 Å². The summed E-state index contributed by atoms with van der Waals surface area (Å²) >= 11 is 0. The number of halogens is 2.